The van der Waals surface area contributed by atoms with Crippen molar-refractivity contribution in [2.45, 2.75) is 32.9 Å². The Hall–Kier alpha value is -0.320. The molecule has 0 aliphatic rings. The van der Waals surface area contributed by atoms with Gasteiger partial charge in [0.2, 0.25) is 0 Å². The Morgan fingerprint density at radius 1 is 1.36 bits per heavy atom. The van der Waals surface area contributed by atoms with Crippen LogP contribution in [0.25, 0.3) is 0 Å². The molecule has 0 heterocycles. The number of carbonyl (C=O) groups is 1. The number of nitrogens with two attached hydrogens (primary N) is 1. The maximum Gasteiger partial charge on any atom is 0.323 e. The van der Waals surface area contributed by atoms with Gasteiger partial charge in [-0.1, -0.05) is 13.8 Å². The summed E-state index contributed by atoms with van der Waals surface area (Å²) in [4.78, 5) is 11.3. The van der Waals surface area contributed by atoms with E-state index in [0.29, 0.717) is 6.61 Å². The van der Waals surface area contributed by atoms with Gasteiger partial charge in [0.15, 0.2) is 0 Å². The molecule has 5 heteroatoms. The maximum absolute atomic E-state index is 11.3. The molecule has 14 heavy (non-hydrogen) atoms. The highest BCUT2D eigenvalue weighted by molar-refractivity contribution is 5.85. The van der Waals surface area contributed by atoms with E-state index in [9.17, 15) is 4.79 Å². The molecule has 0 aromatic carbocycles. The van der Waals surface area contributed by atoms with Crippen LogP contribution in [0.4, 0.5) is 0 Å². The Labute approximate surface area is 91.5 Å². The number of rotatable bonds is 5. The fourth-order valence-electron chi connectivity index (χ4n) is 0.818. The Morgan fingerprint density at radius 2 is 1.86 bits per heavy atom. The average Bonchev–Trinajstić information content (AvgIpc) is 2.03. The summed E-state index contributed by atoms with van der Waals surface area (Å²) in [6, 6.07) is -0.542. The van der Waals surface area contributed by atoms with E-state index in [0.717, 1.165) is 0 Å². The fourth-order valence-corrected chi connectivity index (χ4v) is 0.818. The number of hydrogen-bond donors (Lipinski definition) is 1. The number of hydrogen-bond acceptors (Lipinski definition) is 4. The van der Waals surface area contributed by atoms with E-state index in [4.69, 9.17) is 15.2 Å². The molecular formula is C9H20ClNO3. The highest BCUT2D eigenvalue weighted by Crippen LogP contribution is 2.02. The van der Waals surface area contributed by atoms with E-state index in [1.165, 1.54) is 0 Å². The summed E-state index contributed by atoms with van der Waals surface area (Å²) < 4.78 is 9.85. The average molecular weight is 226 g/mol. The lowest BCUT2D eigenvalue weighted by molar-refractivity contribution is -0.153. The molecule has 0 fully saturated rings. The molecule has 86 valence electrons. The molecule has 0 aromatic heterocycles. The summed E-state index contributed by atoms with van der Waals surface area (Å²) in [7, 11) is 1.56. The van der Waals surface area contributed by atoms with Gasteiger partial charge in [-0.05, 0) is 12.8 Å². The van der Waals surface area contributed by atoms with E-state index in [-0.39, 0.29) is 30.4 Å². The van der Waals surface area contributed by atoms with Crippen molar-refractivity contribution in [1.82, 2.24) is 0 Å². The molecule has 0 spiro atoms. The van der Waals surface area contributed by atoms with Crippen LogP contribution >= 0.6 is 12.4 Å². The monoisotopic (exact) mass is 225 g/mol. The number of ether oxygens (including phenoxy) is 2. The zero-order valence-electron chi connectivity index (χ0n) is 9.15. The van der Waals surface area contributed by atoms with Crippen LogP contribution < -0.4 is 5.73 Å². The van der Waals surface area contributed by atoms with Crippen LogP contribution in [0.2, 0.25) is 0 Å². The van der Waals surface area contributed by atoms with E-state index >= 15 is 0 Å². The number of methoxy groups -OCH3 is 1. The van der Waals surface area contributed by atoms with Crippen LogP contribution in [0, 0.1) is 5.92 Å². The molecule has 0 aliphatic heterocycles. The summed E-state index contributed by atoms with van der Waals surface area (Å²) in [5.41, 5.74) is 5.59. The summed E-state index contributed by atoms with van der Waals surface area (Å²) >= 11 is 0. The van der Waals surface area contributed by atoms with Crippen LogP contribution in [0.5, 0.6) is 0 Å². The smallest absolute Gasteiger partial charge is 0.323 e. The van der Waals surface area contributed by atoms with Gasteiger partial charge in [-0.3, -0.25) is 4.79 Å². The SMILES string of the molecule is COC[C@H](C)OC(=O)C(N)C(C)C.Cl. The van der Waals surface area contributed by atoms with Crippen LogP contribution in [-0.4, -0.2) is 31.8 Å². The first-order chi connectivity index (χ1) is 5.99. The summed E-state index contributed by atoms with van der Waals surface area (Å²) in [5.74, 6) is -0.262. The lowest BCUT2D eigenvalue weighted by Crippen LogP contribution is -2.39. The molecule has 0 aromatic rings. The molecule has 0 saturated heterocycles. The Balaban J connectivity index is 0. The second kappa shape index (κ2) is 8.03. The normalized spacial score (nSPS) is 14.4. The van der Waals surface area contributed by atoms with E-state index in [2.05, 4.69) is 0 Å². The molecule has 0 radical (unpaired) electrons. The minimum Gasteiger partial charge on any atom is -0.459 e. The fraction of sp³-hybridized carbons (Fsp3) is 0.889. The first kappa shape index (κ1) is 16.1. The molecule has 0 saturated carbocycles. The van der Waals surface area contributed by atoms with E-state index < -0.39 is 6.04 Å². The van der Waals surface area contributed by atoms with Crippen molar-refractivity contribution in [3.8, 4) is 0 Å². The van der Waals surface area contributed by atoms with Crippen LogP contribution in [-0.2, 0) is 14.3 Å². The third-order valence-corrected chi connectivity index (χ3v) is 1.71. The van der Waals surface area contributed by atoms with Gasteiger partial charge in [-0.15, -0.1) is 12.4 Å². The van der Waals surface area contributed by atoms with Crippen LogP contribution in [0.1, 0.15) is 20.8 Å². The topological polar surface area (TPSA) is 61.5 Å². The number of carbonyl (C=O) groups excluding carboxylic acids is 1. The lowest BCUT2D eigenvalue weighted by atomic mass is 10.1. The largest absolute Gasteiger partial charge is 0.459 e. The van der Waals surface area contributed by atoms with Gasteiger partial charge >= 0.3 is 5.97 Å². The van der Waals surface area contributed by atoms with Crippen molar-refractivity contribution in [2.75, 3.05) is 13.7 Å². The second-order valence-corrected chi connectivity index (χ2v) is 3.47. The van der Waals surface area contributed by atoms with E-state index in [1.807, 2.05) is 13.8 Å². The second-order valence-electron chi connectivity index (χ2n) is 3.47. The maximum atomic E-state index is 11.3. The summed E-state index contributed by atoms with van der Waals surface area (Å²) in [6.45, 7) is 5.94. The molecule has 1 unspecified atom stereocenters. The first-order valence-corrected chi connectivity index (χ1v) is 4.44. The predicted octanol–water partition coefficient (Wildman–Crippen LogP) is 0.970. The molecule has 4 nitrogen and oxygen atoms in total. The molecule has 0 bridgehead atoms. The van der Waals surface area contributed by atoms with Crippen molar-refractivity contribution < 1.29 is 14.3 Å². The van der Waals surface area contributed by atoms with Crippen LogP contribution in [0.15, 0.2) is 0 Å². The zero-order chi connectivity index (χ0) is 10.4. The third kappa shape index (κ3) is 6.18. The minimum atomic E-state index is -0.542. The van der Waals surface area contributed by atoms with E-state index in [1.54, 1.807) is 14.0 Å². The quantitative estimate of drug-likeness (QED) is 0.709. The summed E-state index contributed by atoms with van der Waals surface area (Å²) in [6.07, 6.45) is -0.234. The van der Waals surface area contributed by atoms with Gasteiger partial charge in [-0.2, -0.15) is 0 Å². The minimum absolute atomic E-state index is 0. The highest BCUT2D eigenvalue weighted by Gasteiger charge is 2.20. The van der Waals surface area contributed by atoms with Crippen molar-refractivity contribution in [3.63, 3.8) is 0 Å². The summed E-state index contributed by atoms with van der Waals surface area (Å²) in [5, 5.41) is 0. The van der Waals surface area contributed by atoms with Crippen molar-refractivity contribution >= 4 is 18.4 Å². The lowest BCUT2D eigenvalue weighted by Gasteiger charge is -2.18. The Kier molecular flexibility index (Phi) is 9.24. The zero-order valence-corrected chi connectivity index (χ0v) is 9.97. The van der Waals surface area contributed by atoms with Crippen LogP contribution in [0.3, 0.4) is 0 Å². The number of esters is 1. The standard InChI is InChI=1S/C9H19NO3.ClH/c1-6(2)8(10)9(11)13-7(3)5-12-4;/h6-8H,5,10H2,1-4H3;1H/t7-,8?;/m0./s1. The van der Waals surface area contributed by atoms with Crippen molar-refractivity contribution in [3.05, 3.63) is 0 Å². The Morgan fingerprint density at radius 3 is 2.21 bits per heavy atom. The number of halogens is 1. The first-order valence-electron chi connectivity index (χ1n) is 4.44. The van der Waals surface area contributed by atoms with Crippen molar-refractivity contribution in [1.29, 1.82) is 0 Å². The highest BCUT2D eigenvalue weighted by atomic mass is 35.5. The predicted molar refractivity (Wildman–Crippen MR) is 57.5 cm³/mol. The Bertz CT molecular complexity index is 164. The molecule has 0 rings (SSSR count). The van der Waals surface area contributed by atoms with Gasteiger partial charge in [0.1, 0.15) is 12.1 Å². The van der Waals surface area contributed by atoms with Crippen molar-refractivity contribution in [2.24, 2.45) is 11.7 Å². The van der Waals surface area contributed by atoms with Gasteiger partial charge in [-0.25, -0.2) is 0 Å². The van der Waals surface area contributed by atoms with Gasteiger partial charge < -0.3 is 15.2 Å². The third-order valence-electron chi connectivity index (χ3n) is 1.71. The molecule has 2 atom stereocenters. The van der Waals surface area contributed by atoms with Gasteiger partial charge in [0, 0.05) is 7.11 Å². The van der Waals surface area contributed by atoms with Gasteiger partial charge in [0.25, 0.3) is 0 Å². The molecule has 0 aliphatic carbocycles. The molecular weight excluding hydrogens is 206 g/mol. The molecule has 2 N–H and O–H groups in total. The van der Waals surface area contributed by atoms with Gasteiger partial charge in [0.05, 0.1) is 6.61 Å². The molecule has 0 amide bonds.